The van der Waals surface area contributed by atoms with Gasteiger partial charge in [0.25, 0.3) is 0 Å². The Kier molecular flexibility index (Phi) is 4.24. The SMILES string of the molecule is Nc1nc(OCc2cccc(OC(F)F)c2)ncc1F. The maximum absolute atomic E-state index is 12.8. The number of aromatic nitrogens is 2. The Hall–Kier alpha value is -2.51. The van der Waals surface area contributed by atoms with Crippen LogP contribution in [0.4, 0.5) is 19.0 Å². The molecular weight excluding hydrogens is 275 g/mol. The molecule has 0 atom stereocenters. The fourth-order valence-electron chi connectivity index (χ4n) is 1.39. The predicted molar refractivity (Wildman–Crippen MR) is 63.8 cm³/mol. The van der Waals surface area contributed by atoms with Crippen LogP contribution in [0.1, 0.15) is 5.56 Å². The number of alkyl halides is 2. The van der Waals surface area contributed by atoms with Gasteiger partial charge in [-0.2, -0.15) is 13.8 Å². The van der Waals surface area contributed by atoms with Crippen LogP contribution in [0.15, 0.2) is 30.5 Å². The van der Waals surface area contributed by atoms with Gasteiger partial charge in [-0.3, -0.25) is 0 Å². The number of nitrogens with two attached hydrogens (primary N) is 1. The molecule has 5 nitrogen and oxygen atoms in total. The number of nitrogen functional groups attached to an aromatic ring is 1. The van der Waals surface area contributed by atoms with Crippen LogP contribution >= 0.6 is 0 Å². The Morgan fingerprint density at radius 1 is 1.30 bits per heavy atom. The Bertz CT molecular complexity index is 596. The van der Waals surface area contributed by atoms with Gasteiger partial charge in [0.1, 0.15) is 12.4 Å². The number of benzene rings is 1. The smallest absolute Gasteiger partial charge is 0.387 e. The quantitative estimate of drug-likeness (QED) is 0.913. The molecule has 20 heavy (non-hydrogen) atoms. The molecule has 0 aliphatic carbocycles. The highest BCUT2D eigenvalue weighted by Crippen LogP contribution is 2.17. The van der Waals surface area contributed by atoms with Crippen molar-refractivity contribution < 1.29 is 22.6 Å². The van der Waals surface area contributed by atoms with E-state index in [0.717, 1.165) is 6.20 Å². The molecule has 8 heteroatoms. The summed E-state index contributed by atoms with van der Waals surface area (Å²) in [7, 11) is 0. The molecular formula is C12H10F3N3O2. The van der Waals surface area contributed by atoms with Crippen LogP contribution in [0.3, 0.4) is 0 Å². The maximum Gasteiger partial charge on any atom is 0.387 e. The van der Waals surface area contributed by atoms with Gasteiger partial charge in [-0.15, -0.1) is 0 Å². The van der Waals surface area contributed by atoms with Crippen molar-refractivity contribution >= 4 is 5.82 Å². The third kappa shape index (κ3) is 3.74. The summed E-state index contributed by atoms with van der Waals surface area (Å²) in [5, 5.41) is 0. The van der Waals surface area contributed by atoms with Crippen LogP contribution in [0.25, 0.3) is 0 Å². The van der Waals surface area contributed by atoms with Gasteiger partial charge in [-0.25, -0.2) is 9.37 Å². The second-order valence-electron chi connectivity index (χ2n) is 3.70. The van der Waals surface area contributed by atoms with E-state index in [-0.39, 0.29) is 24.2 Å². The molecule has 0 amide bonds. The summed E-state index contributed by atoms with van der Waals surface area (Å²) in [4.78, 5) is 7.16. The van der Waals surface area contributed by atoms with E-state index >= 15 is 0 Å². The monoisotopic (exact) mass is 285 g/mol. The van der Waals surface area contributed by atoms with Crippen molar-refractivity contribution in [3.63, 3.8) is 0 Å². The van der Waals surface area contributed by atoms with Gasteiger partial charge in [-0.05, 0) is 17.7 Å². The molecule has 1 heterocycles. The third-order valence-electron chi connectivity index (χ3n) is 2.24. The van der Waals surface area contributed by atoms with Crippen molar-refractivity contribution in [3.8, 4) is 11.8 Å². The summed E-state index contributed by atoms with van der Waals surface area (Å²) in [5.74, 6) is -1.06. The second kappa shape index (κ2) is 6.09. The Morgan fingerprint density at radius 3 is 2.80 bits per heavy atom. The fraction of sp³-hybridized carbons (Fsp3) is 0.167. The predicted octanol–water partition coefficient (Wildman–Crippen LogP) is 2.38. The number of hydrogen-bond acceptors (Lipinski definition) is 5. The van der Waals surface area contributed by atoms with E-state index in [1.807, 2.05) is 0 Å². The number of rotatable bonds is 5. The van der Waals surface area contributed by atoms with E-state index in [1.165, 1.54) is 18.2 Å². The molecule has 0 aliphatic rings. The maximum atomic E-state index is 12.8. The van der Waals surface area contributed by atoms with E-state index in [9.17, 15) is 13.2 Å². The van der Waals surface area contributed by atoms with E-state index in [0.29, 0.717) is 5.56 Å². The average Bonchev–Trinajstić information content (AvgIpc) is 2.40. The van der Waals surface area contributed by atoms with Gasteiger partial charge in [0.15, 0.2) is 11.6 Å². The summed E-state index contributed by atoms with van der Waals surface area (Å²) in [6.45, 7) is -2.89. The zero-order valence-corrected chi connectivity index (χ0v) is 10.1. The molecule has 106 valence electrons. The topological polar surface area (TPSA) is 70.3 Å². The van der Waals surface area contributed by atoms with Crippen LogP contribution < -0.4 is 15.2 Å². The van der Waals surface area contributed by atoms with Crippen LogP contribution in [-0.4, -0.2) is 16.6 Å². The Balaban J connectivity index is 2.01. The Morgan fingerprint density at radius 2 is 2.10 bits per heavy atom. The largest absolute Gasteiger partial charge is 0.459 e. The summed E-state index contributed by atoms with van der Waals surface area (Å²) >= 11 is 0. The van der Waals surface area contributed by atoms with Crippen LogP contribution in [-0.2, 0) is 6.61 Å². The van der Waals surface area contributed by atoms with Crippen molar-refractivity contribution in [2.75, 3.05) is 5.73 Å². The normalized spacial score (nSPS) is 10.6. The molecule has 1 aromatic carbocycles. The Labute approximate surface area is 112 Å². The van der Waals surface area contributed by atoms with Crippen molar-refractivity contribution in [3.05, 3.63) is 41.8 Å². The van der Waals surface area contributed by atoms with Crippen LogP contribution in [0, 0.1) is 5.82 Å². The first kappa shape index (κ1) is 13.9. The lowest BCUT2D eigenvalue weighted by molar-refractivity contribution is -0.0499. The van der Waals surface area contributed by atoms with Gasteiger partial charge < -0.3 is 15.2 Å². The molecule has 0 unspecified atom stereocenters. The minimum absolute atomic E-state index is 0.00547. The summed E-state index contributed by atoms with van der Waals surface area (Å²) in [6.07, 6.45) is 0.883. The van der Waals surface area contributed by atoms with Crippen LogP contribution in [0.2, 0.25) is 0 Å². The number of ether oxygens (including phenoxy) is 2. The molecule has 0 bridgehead atoms. The molecule has 0 saturated carbocycles. The summed E-state index contributed by atoms with van der Waals surface area (Å²) in [5.41, 5.74) is 5.82. The number of hydrogen-bond donors (Lipinski definition) is 1. The van der Waals surface area contributed by atoms with Crippen molar-refractivity contribution in [1.29, 1.82) is 0 Å². The van der Waals surface area contributed by atoms with Gasteiger partial charge in [-0.1, -0.05) is 12.1 Å². The molecule has 2 aromatic rings. The first-order chi connectivity index (χ1) is 9.54. The van der Waals surface area contributed by atoms with E-state index in [1.54, 1.807) is 6.07 Å². The first-order valence-corrected chi connectivity index (χ1v) is 5.49. The van der Waals surface area contributed by atoms with Crippen LogP contribution in [0.5, 0.6) is 11.8 Å². The number of anilines is 1. The van der Waals surface area contributed by atoms with Crippen molar-refractivity contribution in [2.24, 2.45) is 0 Å². The van der Waals surface area contributed by atoms with Crippen molar-refractivity contribution in [2.45, 2.75) is 13.2 Å². The third-order valence-corrected chi connectivity index (χ3v) is 2.24. The van der Waals surface area contributed by atoms with Gasteiger partial charge in [0.05, 0.1) is 6.20 Å². The van der Waals surface area contributed by atoms with Gasteiger partial charge in [0, 0.05) is 0 Å². The zero-order chi connectivity index (χ0) is 14.5. The first-order valence-electron chi connectivity index (χ1n) is 5.49. The summed E-state index contributed by atoms with van der Waals surface area (Å²) in [6, 6.07) is 5.85. The standard InChI is InChI=1S/C12H10F3N3O2/c13-9-5-17-12(18-10(9)16)19-6-7-2-1-3-8(4-7)20-11(14)15/h1-5,11H,6H2,(H2,16,17,18). The fourth-order valence-corrected chi connectivity index (χ4v) is 1.39. The minimum atomic E-state index is -2.90. The molecule has 0 radical (unpaired) electrons. The molecule has 0 spiro atoms. The molecule has 0 fully saturated rings. The second-order valence-corrected chi connectivity index (χ2v) is 3.70. The molecule has 2 rings (SSSR count). The lowest BCUT2D eigenvalue weighted by atomic mass is 10.2. The molecule has 1 aromatic heterocycles. The summed E-state index contributed by atoms with van der Waals surface area (Å²) < 4.78 is 46.4. The highest BCUT2D eigenvalue weighted by atomic mass is 19.3. The number of halogens is 3. The van der Waals surface area contributed by atoms with E-state index in [4.69, 9.17) is 10.5 Å². The molecule has 2 N–H and O–H groups in total. The molecule has 0 saturated heterocycles. The number of nitrogens with zero attached hydrogens (tertiary/aromatic N) is 2. The highest BCUT2D eigenvalue weighted by molar-refractivity contribution is 5.30. The van der Waals surface area contributed by atoms with Gasteiger partial charge >= 0.3 is 12.6 Å². The van der Waals surface area contributed by atoms with Gasteiger partial charge in [0.2, 0.25) is 0 Å². The van der Waals surface area contributed by atoms with E-state index in [2.05, 4.69) is 14.7 Å². The van der Waals surface area contributed by atoms with Crippen molar-refractivity contribution in [1.82, 2.24) is 9.97 Å². The molecule has 0 aliphatic heterocycles. The lowest BCUT2D eigenvalue weighted by Gasteiger charge is -2.08. The minimum Gasteiger partial charge on any atom is -0.459 e. The highest BCUT2D eigenvalue weighted by Gasteiger charge is 2.07. The average molecular weight is 285 g/mol. The van der Waals surface area contributed by atoms with E-state index < -0.39 is 12.4 Å². The zero-order valence-electron chi connectivity index (χ0n) is 10.1. The lowest BCUT2D eigenvalue weighted by Crippen LogP contribution is -2.05.